The van der Waals surface area contributed by atoms with Crippen molar-refractivity contribution in [2.75, 3.05) is 11.1 Å². The van der Waals surface area contributed by atoms with Crippen LogP contribution in [0.1, 0.15) is 31.7 Å². The first-order chi connectivity index (χ1) is 15.3. The van der Waals surface area contributed by atoms with Crippen molar-refractivity contribution in [3.63, 3.8) is 0 Å². The van der Waals surface area contributed by atoms with Crippen LogP contribution in [-0.4, -0.2) is 31.0 Å². The lowest BCUT2D eigenvalue weighted by Crippen LogP contribution is -2.08. The van der Waals surface area contributed by atoms with E-state index in [2.05, 4.69) is 48.1 Å². The van der Waals surface area contributed by atoms with E-state index in [0.29, 0.717) is 15.6 Å². The Morgan fingerprint density at radius 2 is 1.47 bits per heavy atom. The summed E-state index contributed by atoms with van der Waals surface area (Å²) >= 11 is 8.51. The molecule has 3 N–H and O–H groups in total. The summed E-state index contributed by atoms with van der Waals surface area (Å²) in [5, 5.41) is 0.535. The first-order valence-corrected chi connectivity index (χ1v) is 11.3. The van der Waals surface area contributed by atoms with Crippen LogP contribution in [0.15, 0.2) is 50.7 Å². The Kier molecular flexibility index (Phi) is 18.3. The van der Waals surface area contributed by atoms with Gasteiger partial charge in [0, 0.05) is 47.4 Å². The number of nitrogens with zero attached hydrogens (tertiary/aromatic N) is 1. The molecular weight excluding hydrogens is 574 g/mol. The molecule has 0 unspecified atom stereocenters. The summed E-state index contributed by atoms with van der Waals surface area (Å²) in [4.78, 5) is 33.1. The monoisotopic (exact) mass is 596 g/mol. The summed E-state index contributed by atoms with van der Waals surface area (Å²) in [5.41, 5.74) is 0.835. The summed E-state index contributed by atoms with van der Waals surface area (Å²) in [6, 6.07) is 2.77. The molecule has 6 nitrogen and oxygen atoms in total. The van der Waals surface area contributed by atoms with Gasteiger partial charge in [-0.3, -0.25) is 14.6 Å². The van der Waals surface area contributed by atoms with Crippen molar-refractivity contribution in [1.82, 2.24) is 19.9 Å². The minimum absolute atomic E-state index is 0. The van der Waals surface area contributed by atoms with Gasteiger partial charge < -0.3 is 9.97 Å². The number of hydrogen-bond donors (Lipinski definition) is 3. The number of thioether (sulfide) groups is 1. The minimum Gasteiger partial charge on any atom is -0.336 e. The molecule has 0 fully saturated rings. The molecule has 0 aliphatic carbocycles. The van der Waals surface area contributed by atoms with Gasteiger partial charge in [0.15, 0.2) is 21.6 Å². The zero-order valence-electron chi connectivity index (χ0n) is 17.2. The van der Waals surface area contributed by atoms with E-state index < -0.39 is 23.8 Å². The zero-order chi connectivity index (χ0) is 25.6. The third-order valence-electron chi connectivity index (χ3n) is 3.03. The maximum absolute atomic E-state index is 12.4. The average molecular weight is 597 g/mol. The molecule has 0 aromatic carbocycles. The van der Waals surface area contributed by atoms with Gasteiger partial charge in [-0.1, -0.05) is 35.1 Å². The number of allylic oxidation sites excluding steroid dienone is 2. The molecule has 0 spiro atoms. The highest BCUT2D eigenvalue weighted by molar-refractivity contribution is 9.09. The number of nitrogens with one attached hydrogen (secondary N) is 3. The predicted octanol–water partition coefficient (Wildman–Crippen LogP) is 6.86. The van der Waals surface area contributed by atoms with Crippen molar-refractivity contribution in [2.24, 2.45) is 0 Å². The second-order valence-corrected chi connectivity index (χ2v) is 8.12. The lowest BCUT2D eigenvalue weighted by Gasteiger charge is -2.00. The fourth-order valence-corrected chi connectivity index (χ4v) is 3.19. The second kappa shape index (κ2) is 18.2. The third kappa shape index (κ3) is 16.5. The van der Waals surface area contributed by atoms with Crippen LogP contribution in [0.5, 0.6) is 0 Å². The maximum Gasteiger partial charge on any atom is 0.301 e. The lowest BCUT2D eigenvalue weighted by atomic mass is 10.4. The highest BCUT2D eigenvalue weighted by Crippen LogP contribution is 2.19. The van der Waals surface area contributed by atoms with Gasteiger partial charge in [-0.15, -0.1) is 0 Å². The van der Waals surface area contributed by atoms with Crippen LogP contribution >= 0.6 is 39.9 Å². The predicted molar refractivity (Wildman–Crippen MR) is 128 cm³/mol. The Morgan fingerprint density at radius 3 is 1.88 bits per heavy atom. The lowest BCUT2D eigenvalue weighted by molar-refractivity contribution is 0.373. The summed E-state index contributed by atoms with van der Waals surface area (Å²) in [5.74, 6) is -2.67. The minimum atomic E-state index is -2.30. The Hall–Kier alpha value is -2.13. The van der Waals surface area contributed by atoms with E-state index >= 15 is 0 Å². The number of H-pyrrole nitrogens is 3. The molecule has 0 saturated heterocycles. The molecule has 192 valence electrons. The summed E-state index contributed by atoms with van der Waals surface area (Å²) in [6.07, 6.45) is -5.14. The van der Waals surface area contributed by atoms with Crippen molar-refractivity contribution in [1.29, 1.82) is 0 Å². The molecule has 0 amide bonds. The van der Waals surface area contributed by atoms with Gasteiger partial charge in [-0.2, -0.15) is 17.6 Å². The Morgan fingerprint density at radius 1 is 0.941 bits per heavy atom. The van der Waals surface area contributed by atoms with Gasteiger partial charge in [-0.25, -0.2) is 13.8 Å². The van der Waals surface area contributed by atoms with Gasteiger partial charge >= 0.3 is 12.2 Å². The van der Waals surface area contributed by atoms with Crippen LogP contribution in [0, 0.1) is 18.6 Å². The van der Waals surface area contributed by atoms with Crippen LogP contribution in [0.25, 0.3) is 0 Å². The van der Waals surface area contributed by atoms with E-state index in [4.69, 9.17) is 0 Å². The zero-order valence-corrected chi connectivity index (χ0v) is 20.4. The molecule has 0 saturated carbocycles. The van der Waals surface area contributed by atoms with Crippen LogP contribution in [0.3, 0.4) is 0 Å². The topological polar surface area (TPSA) is 94.4 Å². The Bertz CT molecular complexity index is 1100. The van der Waals surface area contributed by atoms with E-state index in [9.17, 15) is 35.9 Å². The quantitative estimate of drug-likeness (QED) is 0.111. The molecule has 15 heteroatoms. The normalized spacial score (nSPS) is 9.44. The van der Waals surface area contributed by atoms with Crippen LogP contribution in [0.4, 0.5) is 26.3 Å². The van der Waals surface area contributed by atoms with Crippen molar-refractivity contribution in [2.45, 2.75) is 39.3 Å². The van der Waals surface area contributed by atoms with Gasteiger partial charge in [0.05, 0.1) is 0 Å². The molecule has 0 aliphatic rings. The maximum atomic E-state index is 12.4. The van der Waals surface area contributed by atoms with Crippen molar-refractivity contribution >= 4 is 39.9 Å². The fraction of sp³-hybridized carbons (Fsp3) is 0.368. The molecule has 2 rings (SSSR count). The number of alkyl halides is 1. The number of aromatic nitrogens is 4. The number of rotatable bonds is 6. The highest BCUT2D eigenvalue weighted by Gasteiger charge is 2.06. The molecule has 34 heavy (non-hydrogen) atoms. The van der Waals surface area contributed by atoms with Gasteiger partial charge in [0.1, 0.15) is 0 Å². The Balaban J connectivity index is 0. The number of hydrogen-bond acceptors (Lipinski definition) is 5. The molecule has 0 radical (unpaired) electrons. The van der Waals surface area contributed by atoms with Gasteiger partial charge in [0.2, 0.25) is 0 Å². The summed E-state index contributed by atoms with van der Waals surface area (Å²) in [7, 11) is 0. The van der Waals surface area contributed by atoms with Crippen LogP contribution in [0.2, 0.25) is 0 Å². The number of halogens is 7. The molecule has 2 aromatic rings. The summed E-state index contributed by atoms with van der Waals surface area (Å²) < 4.78 is 70.0. The third-order valence-corrected chi connectivity index (χ3v) is 4.50. The van der Waals surface area contributed by atoms with E-state index in [0.717, 1.165) is 17.5 Å². The van der Waals surface area contributed by atoms with Crippen LogP contribution in [-0.2, 0) is 0 Å². The molecular formula is C19H23BrF6N4O2S2. The van der Waals surface area contributed by atoms with E-state index in [1.54, 1.807) is 13.8 Å². The second-order valence-electron chi connectivity index (χ2n) is 5.83. The summed E-state index contributed by atoms with van der Waals surface area (Å²) in [6.45, 7) is 3.42. The standard InChI is InChI=1S/C9H9F3N2OS.C5H6N2OS.C4H4BrF3.CH4/c1-5-4-7(15)14-9(13-5)16-3-2-6(10)8(11)12;1-3-2-4(8)7-5(9)6-3;5-2-1-3(6)4(7)8;/h4H,2-3H2,1H3,(H,13,14,15);2H,1H3,(H2,6,7,8,9);1-2H2;1H4. The molecule has 2 aromatic heterocycles. The highest BCUT2D eigenvalue weighted by atomic mass is 79.9. The number of aromatic amines is 3. The van der Waals surface area contributed by atoms with E-state index in [-0.39, 0.29) is 42.5 Å². The van der Waals surface area contributed by atoms with E-state index in [1.807, 2.05) is 0 Å². The Labute approximate surface area is 209 Å². The number of aryl methyl sites for hydroxylation is 2. The fourth-order valence-electron chi connectivity index (χ4n) is 1.72. The van der Waals surface area contributed by atoms with Crippen molar-refractivity contribution < 1.29 is 26.3 Å². The first kappa shape index (κ1) is 34.0. The first-order valence-electron chi connectivity index (χ1n) is 8.82. The smallest absolute Gasteiger partial charge is 0.301 e. The van der Waals surface area contributed by atoms with Gasteiger partial charge in [0.25, 0.3) is 11.1 Å². The molecule has 0 bridgehead atoms. The largest absolute Gasteiger partial charge is 0.336 e. The average Bonchev–Trinajstić information content (AvgIpc) is 2.67. The SMILES string of the molecule is C.Cc1cc(=O)[nH]c(=S)[nH]1.Cc1cc(=O)[nH]c(SCCC(F)=C(F)F)n1.FC(F)=C(F)CCBr. The van der Waals surface area contributed by atoms with Gasteiger partial charge in [-0.05, 0) is 26.1 Å². The molecule has 0 aliphatic heterocycles. The van der Waals surface area contributed by atoms with Crippen molar-refractivity contribution in [3.05, 3.63) is 72.8 Å². The van der Waals surface area contributed by atoms with Crippen molar-refractivity contribution in [3.8, 4) is 0 Å². The van der Waals surface area contributed by atoms with Crippen LogP contribution < -0.4 is 11.1 Å². The molecule has 2 heterocycles. The van der Waals surface area contributed by atoms with E-state index in [1.165, 1.54) is 12.1 Å². The molecule has 0 atom stereocenters.